The van der Waals surface area contributed by atoms with Crippen molar-refractivity contribution in [2.45, 2.75) is 19.4 Å². The van der Waals surface area contributed by atoms with E-state index >= 15 is 0 Å². The summed E-state index contributed by atoms with van der Waals surface area (Å²) in [4.78, 5) is 0. The topological polar surface area (TPSA) is 43.8 Å². The molecule has 0 bridgehead atoms. The fourth-order valence-corrected chi connectivity index (χ4v) is 2.08. The van der Waals surface area contributed by atoms with Crippen LogP contribution in [0.5, 0.6) is 0 Å². The molecule has 90 valence electrons. The molecular weight excluding hydrogens is 234 g/mol. The number of hydrogen-bond donors (Lipinski definition) is 1. The quantitative estimate of drug-likeness (QED) is 0.909. The molecule has 1 aromatic carbocycles. The Morgan fingerprint density at radius 2 is 2.00 bits per heavy atom. The second-order valence-electron chi connectivity index (χ2n) is 4.27. The SMILES string of the molecule is Cc1cc(C(N)Cc2ccc(Cl)cc2)n(C)n1. The zero-order valence-electron chi connectivity index (χ0n) is 10.0. The number of aryl methyl sites for hydroxylation is 2. The Balaban J connectivity index is 2.14. The maximum absolute atomic E-state index is 6.19. The molecule has 1 heterocycles. The molecule has 0 aliphatic rings. The van der Waals surface area contributed by atoms with E-state index in [4.69, 9.17) is 17.3 Å². The van der Waals surface area contributed by atoms with Crippen LogP contribution >= 0.6 is 11.6 Å². The van der Waals surface area contributed by atoms with E-state index in [1.54, 1.807) is 0 Å². The van der Waals surface area contributed by atoms with Crippen molar-refractivity contribution in [2.75, 3.05) is 0 Å². The highest BCUT2D eigenvalue weighted by atomic mass is 35.5. The van der Waals surface area contributed by atoms with Crippen LogP contribution < -0.4 is 5.73 Å². The summed E-state index contributed by atoms with van der Waals surface area (Å²) >= 11 is 5.85. The summed E-state index contributed by atoms with van der Waals surface area (Å²) in [5.41, 5.74) is 9.41. The molecule has 0 saturated carbocycles. The number of nitrogens with zero attached hydrogens (tertiary/aromatic N) is 2. The lowest BCUT2D eigenvalue weighted by atomic mass is 10.0. The predicted molar refractivity (Wildman–Crippen MR) is 70.0 cm³/mol. The van der Waals surface area contributed by atoms with Gasteiger partial charge in [0.25, 0.3) is 0 Å². The molecule has 0 aliphatic carbocycles. The number of benzene rings is 1. The van der Waals surface area contributed by atoms with Gasteiger partial charge in [0.2, 0.25) is 0 Å². The highest BCUT2D eigenvalue weighted by molar-refractivity contribution is 6.30. The molecule has 2 rings (SSSR count). The van der Waals surface area contributed by atoms with Gasteiger partial charge in [0.15, 0.2) is 0 Å². The van der Waals surface area contributed by atoms with Crippen LogP contribution in [0.2, 0.25) is 5.02 Å². The summed E-state index contributed by atoms with van der Waals surface area (Å²) in [6, 6.07) is 9.77. The van der Waals surface area contributed by atoms with Crippen molar-refractivity contribution in [2.24, 2.45) is 12.8 Å². The smallest absolute Gasteiger partial charge is 0.0597 e. The van der Waals surface area contributed by atoms with Crippen LogP contribution in [0.3, 0.4) is 0 Å². The lowest BCUT2D eigenvalue weighted by molar-refractivity contribution is 0.615. The molecule has 0 amide bonds. The van der Waals surface area contributed by atoms with E-state index in [1.807, 2.05) is 49.0 Å². The fraction of sp³-hybridized carbons (Fsp3) is 0.308. The van der Waals surface area contributed by atoms with Crippen LogP contribution in [0, 0.1) is 6.92 Å². The van der Waals surface area contributed by atoms with E-state index in [0.717, 1.165) is 22.8 Å². The largest absolute Gasteiger partial charge is 0.322 e. The van der Waals surface area contributed by atoms with Crippen LogP contribution in [0.15, 0.2) is 30.3 Å². The van der Waals surface area contributed by atoms with Crippen molar-refractivity contribution in [3.8, 4) is 0 Å². The highest BCUT2D eigenvalue weighted by Crippen LogP contribution is 2.18. The first-order valence-electron chi connectivity index (χ1n) is 5.57. The van der Waals surface area contributed by atoms with Crippen molar-refractivity contribution in [1.82, 2.24) is 9.78 Å². The average molecular weight is 250 g/mol. The Labute approximate surface area is 106 Å². The number of rotatable bonds is 3. The maximum atomic E-state index is 6.19. The Bertz CT molecular complexity index is 502. The average Bonchev–Trinajstić information content (AvgIpc) is 2.61. The minimum Gasteiger partial charge on any atom is -0.322 e. The first kappa shape index (κ1) is 12.1. The standard InChI is InChI=1S/C13H16ClN3/c1-9-7-13(17(2)16-9)12(15)8-10-3-5-11(14)6-4-10/h3-7,12H,8,15H2,1-2H3. The third kappa shape index (κ3) is 2.87. The molecule has 0 fully saturated rings. The van der Waals surface area contributed by atoms with Gasteiger partial charge in [-0.25, -0.2) is 0 Å². The van der Waals surface area contributed by atoms with Gasteiger partial charge in [-0.05, 0) is 37.1 Å². The lowest BCUT2D eigenvalue weighted by Crippen LogP contribution is -2.17. The van der Waals surface area contributed by atoms with Gasteiger partial charge < -0.3 is 5.73 Å². The summed E-state index contributed by atoms with van der Waals surface area (Å²) in [7, 11) is 1.92. The zero-order chi connectivity index (χ0) is 12.4. The van der Waals surface area contributed by atoms with Crippen molar-refractivity contribution in [3.05, 3.63) is 52.3 Å². The van der Waals surface area contributed by atoms with Crippen molar-refractivity contribution >= 4 is 11.6 Å². The van der Waals surface area contributed by atoms with Crippen molar-refractivity contribution in [1.29, 1.82) is 0 Å². The van der Waals surface area contributed by atoms with Gasteiger partial charge in [0.1, 0.15) is 0 Å². The van der Waals surface area contributed by atoms with E-state index in [-0.39, 0.29) is 6.04 Å². The van der Waals surface area contributed by atoms with Crippen LogP contribution in [-0.4, -0.2) is 9.78 Å². The monoisotopic (exact) mass is 249 g/mol. The molecule has 2 aromatic rings. The predicted octanol–water partition coefficient (Wildman–Crippen LogP) is 2.62. The van der Waals surface area contributed by atoms with E-state index in [0.29, 0.717) is 0 Å². The first-order valence-corrected chi connectivity index (χ1v) is 5.94. The molecule has 1 unspecified atom stereocenters. The van der Waals surface area contributed by atoms with Crippen LogP contribution in [0.4, 0.5) is 0 Å². The molecule has 0 saturated heterocycles. The van der Waals surface area contributed by atoms with E-state index in [9.17, 15) is 0 Å². The van der Waals surface area contributed by atoms with Crippen molar-refractivity contribution < 1.29 is 0 Å². The van der Waals surface area contributed by atoms with E-state index in [2.05, 4.69) is 5.10 Å². The molecule has 17 heavy (non-hydrogen) atoms. The lowest BCUT2D eigenvalue weighted by Gasteiger charge is -2.12. The maximum Gasteiger partial charge on any atom is 0.0597 e. The molecule has 3 nitrogen and oxygen atoms in total. The third-order valence-corrected chi connectivity index (χ3v) is 3.04. The second-order valence-corrected chi connectivity index (χ2v) is 4.71. The summed E-state index contributed by atoms with van der Waals surface area (Å²) in [5, 5.41) is 5.05. The molecule has 2 N–H and O–H groups in total. The first-order chi connectivity index (χ1) is 8.06. The van der Waals surface area contributed by atoms with E-state index < -0.39 is 0 Å². The number of nitrogens with two attached hydrogens (primary N) is 1. The third-order valence-electron chi connectivity index (χ3n) is 2.79. The number of halogens is 1. The second kappa shape index (κ2) is 4.90. The molecule has 1 aromatic heterocycles. The fourth-order valence-electron chi connectivity index (χ4n) is 1.96. The highest BCUT2D eigenvalue weighted by Gasteiger charge is 2.12. The van der Waals surface area contributed by atoms with Gasteiger partial charge in [-0.15, -0.1) is 0 Å². The summed E-state index contributed by atoms with van der Waals surface area (Å²) in [5.74, 6) is 0. The Morgan fingerprint density at radius 3 is 2.53 bits per heavy atom. The van der Waals surface area contributed by atoms with Gasteiger partial charge in [-0.2, -0.15) is 5.10 Å². The van der Waals surface area contributed by atoms with Gasteiger partial charge >= 0.3 is 0 Å². The minimum absolute atomic E-state index is 0.0395. The molecule has 1 atom stereocenters. The van der Waals surface area contributed by atoms with Crippen LogP contribution in [0.25, 0.3) is 0 Å². The number of hydrogen-bond acceptors (Lipinski definition) is 2. The Morgan fingerprint density at radius 1 is 1.35 bits per heavy atom. The zero-order valence-corrected chi connectivity index (χ0v) is 10.8. The van der Waals surface area contributed by atoms with Gasteiger partial charge in [0, 0.05) is 12.1 Å². The molecule has 0 aliphatic heterocycles. The van der Waals surface area contributed by atoms with Crippen molar-refractivity contribution in [3.63, 3.8) is 0 Å². The molecule has 0 spiro atoms. The normalized spacial score (nSPS) is 12.7. The Hall–Kier alpha value is -1.32. The van der Waals surface area contributed by atoms with E-state index in [1.165, 1.54) is 5.56 Å². The van der Waals surface area contributed by atoms with Crippen LogP contribution in [-0.2, 0) is 13.5 Å². The van der Waals surface area contributed by atoms with Gasteiger partial charge in [-0.1, -0.05) is 23.7 Å². The van der Waals surface area contributed by atoms with Gasteiger partial charge in [-0.3, -0.25) is 4.68 Å². The number of aromatic nitrogens is 2. The summed E-state index contributed by atoms with van der Waals surface area (Å²) in [6.45, 7) is 1.97. The minimum atomic E-state index is -0.0395. The molecule has 0 radical (unpaired) electrons. The van der Waals surface area contributed by atoms with Gasteiger partial charge in [0.05, 0.1) is 17.4 Å². The molecular formula is C13H16ClN3. The molecule has 4 heteroatoms. The summed E-state index contributed by atoms with van der Waals surface area (Å²) < 4.78 is 1.84. The Kier molecular flexibility index (Phi) is 3.50. The van der Waals surface area contributed by atoms with Crippen LogP contribution in [0.1, 0.15) is 23.0 Å². The summed E-state index contributed by atoms with van der Waals surface area (Å²) in [6.07, 6.45) is 0.788.